The normalized spacial score (nSPS) is 18.7. The van der Waals surface area contributed by atoms with Gasteiger partial charge in [-0.25, -0.2) is 4.98 Å². The van der Waals surface area contributed by atoms with Crippen LogP contribution >= 0.6 is 0 Å². The lowest BCUT2D eigenvalue weighted by atomic mass is 9.98. The van der Waals surface area contributed by atoms with E-state index in [4.69, 9.17) is 16.2 Å². The number of aromatic nitrogens is 4. The summed E-state index contributed by atoms with van der Waals surface area (Å²) in [5.41, 5.74) is 13.3. The second-order valence-electron chi connectivity index (χ2n) is 8.76. The Kier molecular flexibility index (Phi) is 6.01. The number of anilines is 1. The summed E-state index contributed by atoms with van der Waals surface area (Å²) in [6.45, 7) is 2.35. The summed E-state index contributed by atoms with van der Waals surface area (Å²) >= 11 is 0. The van der Waals surface area contributed by atoms with Crippen LogP contribution in [0, 0.1) is 0 Å². The van der Waals surface area contributed by atoms with Crippen LogP contribution in [-0.2, 0) is 22.6 Å². The van der Waals surface area contributed by atoms with Gasteiger partial charge in [0, 0.05) is 31.4 Å². The molecule has 2 aromatic heterocycles. The maximum absolute atomic E-state index is 12.7. The fourth-order valence-corrected chi connectivity index (χ4v) is 4.85. The maximum atomic E-state index is 12.7. The summed E-state index contributed by atoms with van der Waals surface area (Å²) in [7, 11) is 0. The smallest absolute Gasteiger partial charge is 0.254 e. The molecular weight excluding hydrogens is 436 g/mol. The molecule has 178 valence electrons. The summed E-state index contributed by atoms with van der Waals surface area (Å²) in [6.07, 6.45) is 5.85. The van der Waals surface area contributed by atoms with Crippen molar-refractivity contribution in [3.05, 3.63) is 47.9 Å². The molecule has 0 spiro atoms. The quantitative estimate of drug-likeness (QED) is 0.506. The molecule has 1 fully saturated rings. The number of benzene rings is 1. The summed E-state index contributed by atoms with van der Waals surface area (Å²) < 4.78 is 8.09. The first kappa shape index (κ1) is 22.1. The van der Waals surface area contributed by atoms with Crippen molar-refractivity contribution in [2.75, 3.05) is 24.6 Å². The van der Waals surface area contributed by atoms with Crippen LogP contribution in [0.1, 0.15) is 30.4 Å². The molecule has 2 atom stereocenters. The molecule has 0 aliphatic carbocycles. The zero-order valence-corrected chi connectivity index (χ0v) is 18.8. The van der Waals surface area contributed by atoms with Gasteiger partial charge in [-0.1, -0.05) is 12.1 Å². The van der Waals surface area contributed by atoms with Gasteiger partial charge in [-0.15, -0.1) is 0 Å². The second-order valence-corrected chi connectivity index (χ2v) is 8.76. The van der Waals surface area contributed by atoms with Crippen LogP contribution < -0.4 is 21.1 Å². The predicted molar refractivity (Wildman–Crippen MR) is 124 cm³/mol. The first-order valence-electron chi connectivity index (χ1n) is 11.5. The lowest BCUT2D eigenvalue weighted by Crippen LogP contribution is -2.47. The van der Waals surface area contributed by atoms with Crippen molar-refractivity contribution in [2.24, 2.45) is 11.5 Å². The third-order valence-corrected chi connectivity index (χ3v) is 6.54. The first-order valence-corrected chi connectivity index (χ1v) is 11.5. The molecule has 0 radical (unpaired) electrons. The molecular formula is C23H28N8O3. The van der Waals surface area contributed by atoms with E-state index in [-0.39, 0.29) is 18.4 Å². The summed E-state index contributed by atoms with van der Waals surface area (Å²) in [4.78, 5) is 36.3. The Labute approximate surface area is 196 Å². The molecule has 0 unspecified atom stereocenters. The van der Waals surface area contributed by atoms with E-state index in [1.165, 1.54) is 6.33 Å². The predicted octanol–water partition coefficient (Wildman–Crippen LogP) is 0.260. The lowest BCUT2D eigenvalue weighted by molar-refractivity contribution is -0.135. The fourth-order valence-electron chi connectivity index (χ4n) is 4.85. The molecule has 2 aliphatic heterocycles. The molecule has 2 aliphatic rings. The molecule has 11 heteroatoms. The highest BCUT2D eigenvalue weighted by molar-refractivity contribution is 5.87. The molecule has 2 amide bonds. The zero-order chi connectivity index (χ0) is 23.7. The number of rotatable bonds is 7. The van der Waals surface area contributed by atoms with Gasteiger partial charge in [0.1, 0.15) is 24.5 Å². The summed E-state index contributed by atoms with van der Waals surface area (Å²) in [5, 5.41) is 4.31. The number of carbonyl (C=O) groups excluding carboxylic acids is 2. The van der Waals surface area contributed by atoms with Crippen molar-refractivity contribution in [1.82, 2.24) is 24.5 Å². The van der Waals surface area contributed by atoms with Gasteiger partial charge in [0.25, 0.3) is 5.78 Å². The van der Waals surface area contributed by atoms with Gasteiger partial charge >= 0.3 is 0 Å². The highest BCUT2D eigenvalue weighted by atomic mass is 16.5. The van der Waals surface area contributed by atoms with E-state index in [1.54, 1.807) is 15.6 Å². The molecule has 0 saturated carbocycles. The molecule has 34 heavy (non-hydrogen) atoms. The van der Waals surface area contributed by atoms with Crippen LogP contribution in [0.25, 0.3) is 5.78 Å². The van der Waals surface area contributed by atoms with Gasteiger partial charge in [0.2, 0.25) is 11.8 Å². The van der Waals surface area contributed by atoms with Gasteiger partial charge < -0.3 is 26.0 Å². The SMILES string of the molecule is NC(=O)C[C@@H](N)C(=O)N1CCc2cccc(OC[C@H]3CCCN3c3ccnc4ncnn34)c2C1. The van der Waals surface area contributed by atoms with Crippen molar-refractivity contribution >= 4 is 23.4 Å². The number of hydrogen-bond acceptors (Lipinski definition) is 8. The second kappa shape index (κ2) is 9.26. The van der Waals surface area contributed by atoms with Gasteiger partial charge in [-0.05, 0) is 37.0 Å². The molecule has 1 aromatic carbocycles. The van der Waals surface area contributed by atoms with Crippen LogP contribution in [0.2, 0.25) is 0 Å². The number of hydrogen-bond donors (Lipinski definition) is 2. The number of nitrogens with zero attached hydrogens (tertiary/aromatic N) is 6. The number of carbonyl (C=O) groups is 2. The maximum Gasteiger partial charge on any atom is 0.254 e. The number of primary amides is 1. The highest BCUT2D eigenvalue weighted by Crippen LogP contribution is 2.31. The van der Waals surface area contributed by atoms with Crippen LogP contribution in [0.15, 0.2) is 36.8 Å². The summed E-state index contributed by atoms with van der Waals surface area (Å²) in [6, 6.07) is 7.19. The third kappa shape index (κ3) is 4.26. The topological polar surface area (TPSA) is 145 Å². The van der Waals surface area contributed by atoms with Crippen LogP contribution in [-0.4, -0.2) is 68.1 Å². The van der Waals surface area contributed by atoms with Crippen LogP contribution in [0.3, 0.4) is 0 Å². The Morgan fingerprint density at radius 2 is 2.09 bits per heavy atom. The van der Waals surface area contributed by atoms with Gasteiger partial charge in [0.05, 0.1) is 18.5 Å². The van der Waals surface area contributed by atoms with Gasteiger partial charge in [-0.3, -0.25) is 9.59 Å². The first-order chi connectivity index (χ1) is 16.5. The number of fused-ring (bicyclic) bond motifs is 2. The minimum absolute atomic E-state index is 0.161. The van der Waals surface area contributed by atoms with E-state index in [0.29, 0.717) is 31.9 Å². The molecule has 1 saturated heterocycles. The Morgan fingerprint density at radius 3 is 2.94 bits per heavy atom. The molecule has 0 bridgehead atoms. The van der Waals surface area contributed by atoms with Crippen molar-refractivity contribution in [3.8, 4) is 5.75 Å². The Hall–Kier alpha value is -3.73. The largest absolute Gasteiger partial charge is 0.491 e. The van der Waals surface area contributed by atoms with Crippen LogP contribution in [0.4, 0.5) is 5.82 Å². The van der Waals surface area contributed by atoms with Crippen molar-refractivity contribution in [3.63, 3.8) is 0 Å². The Morgan fingerprint density at radius 1 is 1.21 bits per heavy atom. The Bertz CT molecular complexity index is 1210. The minimum Gasteiger partial charge on any atom is -0.491 e. The third-order valence-electron chi connectivity index (χ3n) is 6.54. The van der Waals surface area contributed by atoms with E-state index in [1.807, 2.05) is 18.2 Å². The summed E-state index contributed by atoms with van der Waals surface area (Å²) in [5.74, 6) is 1.44. The highest BCUT2D eigenvalue weighted by Gasteiger charge is 2.30. The van der Waals surface area contributed by atoms with E-state index in [2.05, 4.69) is 26.0 Å². The molecule has 3 aromatic rings. The number of nitrogens with two attached hydrogens (primary N) is 2. The van der Waals surface area contributed by atoms with Crippen molar-refractivity contribution in [2.45, 2.75) is 44.3 Å². The lowest BCUT2D eigenvalue weighted by Gasteiger charge is -2.32. The van der Waals surface area contributed by atoms with E-state index < -0.39 is 11.9 Å². The average molecular weight is 465 g/mol. The molecule has 4 heterocycles. The monoisotopic (exact) mass is 464 g/mol. The van der Waals surface area contributed by atoms with E-state index in [0.717, 1.165) is 42.1 Å². The fraction of sp³-hybridized carbons (Fsp3) is 0.435. The number of amides is 2. The molecule has 5 rings (SSSR count). The minimum atomic E-state index is -0.923. The van der Waals surface area contributed by atoms with Gasteiger partial charge in [-0.2, -0.15) is 14.6 Å². The van der Waals surface area contributed by atoms with E-state index in [9.17, 15) is 9.59 Å². The molecule has 4 N–H and O–H groups in total. The average Bonchev–Trinajstić information content (AvgIpc) is 3.50. The Balaban J connectivity index is 1.30. The zero-order valence-electron chi connectivity index (χ0n) is 18.8. The van der Waals surface area contributed by atoms with E-state index >= 15 is 0 Å². The van der Waals surface area contributed by atoms with Crippen molar-refractivity contribution < 1.29 is 14.3 Å². The van der Waals surface area contributed by atoms with Crippen LogP contribution in [0.5, 0.6) is 5.75 Å². The van der Waals surface area contributed by atoms with Gasteiger partial charge in [0.15, 0.2) is 0 Å². The molecule has 11 nitrogen and oxygen atoms in total. The standard InChI is InChI=1S/C23H28N8O3/c24-18(11-20(25)32)22(33)29-10-7-15-3-1-5-19(17(15)12-29)34-13-16-4-2-9-30(16)21-6-8-26-23-27-14-28-31(21)23/h1,3,5-6,8,14,16,18H,2,4,7,9-13,24H2,(H2,25,32)/t16-,18-/m1/s1. The van der Waals surface area contributed by atoms with Crippen molar-refractivity contribution in [1.29, 1.82) is 0 Å². The number of ether oxygens (including phenoxy) is 1.